The third-order valence-electron chi connectivity index (χ3n) is 9.64. The number of piperidine rings is 1. The molecule has 0 unspecified atom stereocenters. The number of likely N-dealkylation sites (tertiary alicyclic amines) is 1. The van der Waals surface area contributed by atoms with E-state index in [-0.39, 0.29) is 29.6 Å². The summed E-state index contributed by atoms with van der Waals surface area (Å²) in [5.74, 6) is 1.07. The molecular formula is C38H48Cl2N6O3. The smallest absolute Gasteiger partial charge is 0.326 e. The summed E-state index contributed by atoms with van der Waals surface area (Å²) in [5, 5.41) is 7.16. The second-order valence-electron chi connectivity index (χ2n) is 14.5. The Kier molecular flexibility index (Phi) is 10.6. The Labute approximate surface area is 300 Å². The first-order valence-corrected chi connectivity index (χ1v) is 17.8. The maximum Gasteiger partial charge on any atom is 0.326 e. The average molecular weight is 708 g/mol. The number of pyridine rings is 1. The van der Waals surface area contributed by atoms with Gasteiger partial charge in [0.15, 0.2) is 0 Å². The number of amides is 4. The van der Waals surface area contributed by atoms with Gasteiger partial charge in [0.1, 0.15) is 22.7 Å². The van der Waals surface area contributed by atoms with Crippen LogP contribution in [-0.4, -0.2) is 64.5 Å². The van der Waals surface area contributed by atoms with Crippen molar-refractivity contribution in [1.29, 1.82) is 0 Å². The second kappa shape index (κ2) is 14.2. The molecule has 5 rings (SSSR count). The number of aliphatic imine (C=N–C) groups is 1. The highest BCUT2D eigenvalue weighted by atomic mass is 35.5. The summed E-state index contributed by atoms with van der Waals surface area (Å²) < 4.78 is 6.26. The monoisotopic (exact) mass is 706 g/mol. The zero-order valence-electron chi connectivity index (χ0n) is 29.7. The lowest BCUT2D eigenvalue weighted by Crippen LogP contribution is -2.60. The van der Waals surface area contributed by atoms with Gasteiger partial charge in [-0.05, 0) is 82.9 Å². The molecule has 1 fully saturated rings. The van der Waals surface area contributed by atoms with E-state index in [1.165, 1.54) is 0 Å². The number of aromatic nitrogens is 1. The van der Waals surface area contributed by atoms with Gasteiger partial charge in [-0.25, -0.2) is 9.59 Å². The van der Waals surface area contributed by atoms with Crippen LogP contribution in [0.25, 0.3) is 0 Å². The molecule has 3 heterocycles. The van der Waals surface area contributed by atoms with Gasteiger partial charge in [-0.3, -0.25) is 14.9 Å². The number of ether oxygens (including phenoxy) is 1. The van der Waals surface area contributed by atoms with Crippen LogP contribution in [0.2, 0.25) is 10.0 Å². The molecule has 49 heavy (non-hydrogen) atoms. The summed E-state index contributed by atoms with van der Waals surface area (Å²) >= 11 is 12.8. The minimum Gasteiger partial charge on any atom is -0.493 e. The van der Waals surface area contributed by atoms with E-state index in [0.717, 1.165) is 16.8 Å². The van der Waals surface area contributed by atoms with Crippen molar-refractivity contribution in [2.24, 2.45) is 4.99 Å². The topological polar surface area (TPSA) is 99.2 Å². The molecule has 0 bridgehead atoms. The Bertz CT molecular complexity index is 1700. The van der Waals surface area contributed by atoms with E-state index >= 15 is 4.79 Å². The number of urea groups is 2. The molecule has 3 aromatic rings. The summed E-state index contributed by atoms with van der Waals surface area (Å²) in [6, 6.07) is 16.8. The summed E-state index contributed by atoms with van der Waals surface area (Å²) in [6.45, 7) is 17.6. The molecule has 0 spiro atoms. The predicted molar refractivity (Wildman–Crippen MR) is 197 cm³/mol. The Morgan fingerprint density at radius 1 is 0.980 bits per heavy atom. The molecule has 0 saturated carbocycles. The SMILES string of the molecule is CCOc1cc(C(C)(C)C)ncc1C1=N[C@@](C)(c2ccc(Cl)cc2)[C@@](C)(c2ccc(Cl)cc2)N1C(=O)N1CCC(NC(=O)NC(C)C)CC1. The molecule has 2 aromatic carbocycles. The van der Waals surface area contributed by atoms with Gasteiger partial charge in [-0.2, -0.15) is 0 Å². The van der Waals surface area contributed by atoms with Crippen LogP contribution in [0.4, 0.5) is 9.59 Å². The molecule has 2 aliphatic heterocycles. The van der Waals surface area contributed by atoms with Gasteiger partial charge in [-0.15, -0.1) is 0 Å². The van der Waals surface area contributed by atoms with Crippen molar-refractivity contribution >= 4 is 41.1 Å². The molecule has 0 radical (unpaired) electrons. The van der Waals surface area contributed by atoms with Crippen LogP contribution in [0, 0.1) is 0 Å². The molecule has 262 valence electrons. The van der Waals surface area contributed by atoms with E-state index in [4.69, 9.17) is 37.9 Å². The number of halogens is 2. The molecular weight excluding hydrogens is 659 g/mol. The van der Waals surface area contributed by atoms with Crippen molar-refractivity contribution in [1.82, 2.24) is 25.4 Å². The number of hydrogen-bond acceptors (Lipinski definition) is 5. The van der Waals surface area contributed by atoms with Crippen LogP contribution >= 0.6 is 23.2 Å². The number of nitrogens with one attached hydrogen (secondary N) is 2. The van der Waals surface area contributed by atoms with Crippen molar-refractivity contribution in [2.45, 2.75) is 96.8 Å². The molecule has 1 aromatic heterocycles. The molecule has 2 atom stereocenters. The Morgan fingerprint density at radius 2 is 1.55 bits per heavy atom. The van der Waals surface area contributed by atoms with E-state index in [0.29, 0.717) is 59.7 Å². The van der Waals surface area contributed by atoms with E-state index in [1.54, 1.807) is 6.20 Å². The Balaban J connectivity index is 1.66. The second-order valence-corrected chi connectivity index (χ2v) is 15.4. The van der Waals surface area contributed by atoms with Crippen molar-refractivity contribution in [3.05, 3.63) is 93.2 Å². The van der Waals surface area contributed by atoms with Crippen molar-refractivity contribution in [3.63, 3.8) is 0 Å². The molecule has 11 heteroatoms. The van der Waals surface area contributed by atoms with Gasteiger partial charge in [0, 0.05) is 58.6 Å². The predicted octanol–water partition coefficient (Wildman–Crippen LogP) is 8.27. The van der Waals surface area contributed by atoms with Crippen LogP contribution in [-0.2, 0) is 16.5 Å². The third-order valence-corrected chi connectivity index (χ3v) is 10.1. The summed E-state index contributed by atoms with van der Waals surface area (Å²) in [4.78, 5) is 41.6. The first kappa shape index (κ1) is 36.5. The average Bonchev–Trinajstić information content (AvgIpc) is 3.28. The highest BCUT2D eigenvalue weighted by molar-refractivity contribution is 6.30. The van der Waals surface area contributed by atoms with Crippen molar-refractivity contribution in [3.8, 4) is 5.75 Å². The van der Waals surface area contributed by atoms with Crippen molar-refractivity contribution < 1.29 is 14.3 Å². The molecule has 2 N–H and O–H groups in total. The minimum atomic E-state index is -1.03. The maximum atomic E-state index is 15.1. The van der Waals surface area contributed by atoms with Crippen LogP contribution in [0.3, 0.4) is 0 Å². The quantitative estimate of drug-likeness (QED) is 0.258. The standard InChI is InChI=1S/C38H48Cl2N6O3/c1-9-49-31-22-32(36(4,5)6)41-23-30(31)33-44-37(7,25-10-14-27(39)15-11-25)38(8,26-12-16-28(40)17-13-26)46(33)35(48)45-20-18-29(19-21-45)43-34(47)42-24(2)3/h10-17,22-24,29H,9,18-21H2,1-8H3,(H2,42,43,47)/t37-,38+/m0/s1. The zero-order valence-corrected chi connectivity index (χ0v) is 31.2. The van der Waals surface area contributed by atoms with Crippen LogP contribution in [0.5, 0.6) is 5.75 Å². The number of carbonyl (C=O) groups excluding carboxylic acids is 2. The van der Waals surface area contributed by atoms with Gasteiger partial charge in [0.25, 0.3) is 0 Å². The summed E-state index contributed by atoms with van der Waals surface area (Å²) in [6.07, 6.45) is 3.02. The van der Waals surface area contributed by atoms with Crippen LogP contribution in [0.15, 0.2) is 65.8 Å². The highest BCUT2D eigenvalue weighted by Crippen LogP contribution is 2.54. The minimum absolute atomic E-state index is 0.0311. The van der Waals surface area contributed by atoms with Gasteiger partial charge >= 0.3 is 12.1 Å². The fourth-order valence-electron chi connectivity index (χ4n) is 6.70. The summed E-state index contributed by atoms with van der Waals surface area (Å²) in [7, 11) is 0. The van der Waals surface area contributed by atoms with E-state index in [1.807, 2.05) is 85.2 Å². The van der Waals surface area contributed by atoms with Crippen molar-refractivity contribution in [2.75, 3.05) is 19.7 Å². The van der Waals surface area contributed by atoms with Crippen LogP contribution in [0.1, 0.15) is 90.6 Å². The third kappa shape index (κ3) is 7.24. The lowest BCUT2D eigenvalue weighted by Gasteiger charge is -2.47. The number of carbonyl (C=O) groups is 2. The largest absolute Gasteiger partial charge is 0.493 e. The highest BCUT2D eigenvalue weighted by Gasteiger charge is 2.60. The molecule has 4 amide bonds. The lowest BCUT2D eigenvalue weighted by molar-refractivity contribution is 0.0995. The number of nitrogens with zero attached hydrogens (tertiary/aromatic N) is 4. The fourth-order valence-corrected chi connectivity index (χ4v) is 6.96. The van der Waals surface area contributed by atoms with E-state index in [2.05, 4.69) is 45.3 Å². The normalized spacial score (nSPS) is 21.5. The number of benzene rings is 2. The van der Waals surface area contributed by atoms with Gasteiger partial charge in [0.2, 0.25) is 0 Å². The zero-order chi connectivity index (χ0) is 35.7. The fraction of sp³-hybridized carbons (Fsp3) is 0.474. The van der Waals surface area contributed by atoms with E-state index < -0.39 is 11.1 Å². The Morgan fingerprint density at radius 3 is 2.08 bits per heavy atom. The molecule has 0 aliphatic carbocycles. The van der Waals surface area contributed by atoms with E-state index in [9.17, 15) is 4.79 Å². The number of hydrogen-bond donors (Lipinski definition) is 2. The first-order chi connectivity index (χ1) is 23.1. The number of amidine groups is 1. The first-order valence-electron chi connectivity index (χ1n) is 17.0. The molecule has 1 saturated heterocycles. The van der Waals surface area contributed by atoms with Gasteiger partial charge in [0.05, 0.1) is 12.2 Å². The maximum absolute atomic E-state index is 15.1. The molecule has 2 aliphatic rings. The number of rotatable bonds is 7. The van der Waals surface area contributed by atoms with Gasteiger partial charge < -0.3 is 20.3 Å². The summed E-state index contributed by atoms with van der Waals surface area (Å²) in [5.41, 5.74) is 1.01. The van der Waals surface area contributed by atoms with Crippen LogP contribution < -0.4 is 15.4 Å². The Hall–Kier alpha value is -3.82. The lowest BCUT2D eigenvalue weighted by atomic mass is 9.71. The van der Waals surface area contributed by atoms with Gasteiger partial charge in [-0.1, -0.05) is 68.2 Å². The molecule has 9 nitrogen and oxygen atoms in total.